The SMILES string of the molecule is CC(C)Oc1nn(CN2CCN(S(=O)(=O)c3ccc(F)c(F)c3)CC2)c(=S)s1. The zero-order valence-electron chi connectivity index (χ0n) is 15.3. The highest BCUT2D eigenvalue weighted by atomic mass is 32.2. The summed E-state index contributed by atoms with van der Waals surface area (Å²) < 4.78 is 60.8. The molecule has 1 fully saturated rings. The van der Waals surface area contributed by atoms with Crippen LogP contribution in [-0.2, 0) is 16.7 Å². The lowest BCUT2D eigenvalue weighted by Crippen LogP contribution is -2.48. The number of halogens is 2. The minimum Gasteiger partial charge on any atom is -0.466 e. The molecule has 28 heavy (non-hydrogen) atoms. The molecule has 0 amide bonds. The van der Waals surface area contributed by atoms with Gasteiger partial charge in [-0.05, 0) is 55.6 Å². The summed E-state index contributed by atoms with van der Waals surface area (Å²) in [6, 6.07) is 2.60. The van der Waals surface area contributed by atoms with Gasteiger partial charge in [0, 0.05) is 26.2 Å². The van der Waals surface area contributed by atoms with Gasteiger partial charge in [0.2, 0.25) is 10.0 Å². The first-order valence-electron chi connectivity index (χ1n) is 8.59. The Labute approximate surface area is 171 Å². The second kappa shape index (κ2) is 8.49. The molecule has 1 aromatic carbocycles. The zero-order chi connectivity index (χ0) is 20.5. The highest BCUT2D eigenvalue weighted by Crippen LogP contribution is 2.21. The van der Waals surface area contributed by atoms with E-state index in [4.69, 9.17) is 17.0 Å². The fraction of sp³-hybridized carbons (Fsp3) is 0.500. The van der Waals surface area contributed by atoms with Gasteiger partial charge in [0.15, 0.2) is 15.6 Å². The summed E-state index contributed by atoms with van der Waals surface area (Å²) in [4.78, 5) is 1.77. The van der Waals surface area contributed by atoms with Crippen LogP contribution < -0.4 is 4.74 Å². The van der Waals surface area contributed by atoms with Gasteiger partial charge in [-0.25, -0.2) is 21.9 Å². The van der Waals surface area contributed by atoms with E-state index in [2.05, 4.69) is 5.10 Å². The summed E-state index contributed by atoms with van der Waals surface area (Å²) in [5.74, 6) is -2.26. The lowest BCUT2D eigenvalue weighted by Gasteiger charge is -2.33. The fourth-order valence-corrected chi connectivity index (χ4v) is 5.19. The minimum absolute atomic E-state index is 0.000880. The third kappa shape index (κ3) is 4.74. The summed E-state index contributed by atoms with van der Waals surface area (Å²) in [5.41, 5.74) is 0. The van der Waals surface area contributed by atoms with Gasteiger partial charge < -0.3 is 4.74 Å². The van der Waals surface area contributed by atoms with Crippen LogP contribution in [0.2, 0.25) is 0 Å². The van der Waals surface area contributed by atoms with Crippen LogP contribution in [0.5, 0.6) is 5.19 Å². The average Bonchev–Trinajstić information content (AvgIpc) is 2.96. The van der Waals surface area contributed by atoms with E-state index < -0.39 is 21.7 Å². The smallest absolute Gasteiger partial charge is 0.293 e. The number of aromatic nitrogens is 2. The summed E-state index contributed by atoms with van der Waals surface area (Å²) in [7, 11) is -3.88. The topological polar surface area (TPSA) is 67.7 Å². The Bertz CT molecular complexity index is 999. The summed E-state index contributed by atoms with van der Waals surface area (Å²) in [6.45, 7) is 5.62. The van der Waals surface area contributed by atoms with Crippen LogP contribution in [0.15, 0.2) is 23.1 Å². The van der Waals surface area contributed by atoms with E-state index in [1.165, 1.54) is 15.6 Å². The predicted molar refractivity (Wildman–Crippen MR) is 103 cm³/mol. The Hall–Kier alpha value is -1.47. The standard InChI is InChI=1S/C16H20F2N4O3S3/c1-11(2)25-15-19-22(16(26)27-15)10-20-5-7-21(8-6-20)28(23,24)12-3-4-13(17)14(18)9-12/h3-4,9,11H,5-8,10H2,1-2H3. The molecule has 1 aliphatic rings. The second-order valence-corrected chi connectivity index (χ2v) is 10.1. The second-order valence-electron chi connectivity index (χ2n) is 6.54. The van der Waals surface area contributed by atoms with Crippen molar-refractivity contribution in [1.29, 1.82) is 0 Å². The molecule has 12 heteroatoms. The molecular formula is C16H20F2N4O3S3. The Kier molecular flexibility index (Phi) is 6.44. The number of hydrogen-bond donors (Lipinski definition) is 0. The Morgan fingerprint density at radius 3 is 2.50 bits per heavy atom. The van der Waals surface area contributed by atoms with Crippen LogP contribution in [0, 0.1) is 15.6 Å². The average molecular weight is 451 g/mol. The summed E-state index contributed by atoms with van der Waals surface area (Å²) >= 11 is 6.58. The van der Waals surface area contributed by atoms with E-state index in [9.17, 15) is 17.2 Å². The molecule has 3 rings (SSSR count). The number of benzene rings is 1. The maximum atomic E-state index is 13.4. The highest BCUT2D eigenvalue weighted by Gasteiger charge is 2.29. The maximum Gasteiger partial charge on any atom is 0.293 e. The number of rotatable bonds is 6. The van der Waals surface area contributed by atoms with Gasteiger partial charge in [0.05, 0.1) is 17.7 Å². The Balaban J connectivity index is 1.63. The van der Waals surface area contributed by atoms with Crippen molar-refractivity contribution >= 4 is 33.6 Å². The van der Waals surface area contributed by atoms with Crippen LogP contribution in [0.25, 0.3) is 0 Å². The molecule has 7 nitrogen and oxygen atoms in total. The van der Waals surface area contributed by atoms with Crippen molar-refractivity contribution in [1.82, 2.24) is 19.0 Å². The number of hydrogen-bond acceptors (Lipinski definition) is 7. The number of ether oxygens (including phenoxy) is 1. The van der Waals surface area contributed by atoms with E-state index in [1.54, 1.807) is 4.68 Å². The van der Waals surface area contributed by atoms with Crippen molar-refractivity contribution in [2.75, 3.05) is 26.2 Å². The van der Waals surface area contributed by atoms with Crippen LogP contribution in [0.3, 0.4) is 0 Å². The lowest BCUT2D eigenvalue weighted by atomic mass is 10.3. The molecule has 2 aromatic rings. The number of nitrogens with zero attached hydrogens (tertiary/aromatic N) is 4. The Morgan fingerprint density at radius 2 is 1.89 bits per heavy atom. The van der Waals surface area contributed by atoms with Crippen molar-refractivity contribution in [3.05, 3.63) is 33.8 Å². The van der Waals surface area contributed by atoms with Gasteiger partial charge in [0.25, 0.3) is 5.19 Å². The largest absolute Gasteiger partial charge is 0.466 e. The van der Waals surface area contributed by atoms with E-state index in [-0.39, 0.29) is 24.1 Å². The van der Waals surface area contributed by atoms with Gasteiger partial charge in [-0.2, -0.15) is 4.31 Å². The van der Waals surface area contributed by atoms with E-state index in [0.29, 0.717) is 35.0 Å². The van der Waals surface area contributed by atoms with Crippen molar-refractivity contribution in [2.45, 2.75) is 31.5 Å². The minimum atomic E-state index is -3.88. The van der Waals surface area contributed by atoms with E-state index >= 15 is 0 Å². The monoisotopic (exact) mass is 450 g/mol. The van der Waals surface area contributed by atoms with E-state index in [1.807, 2.05) is 18.7 Å². The van der Waals surface area contributed by atoms with Crippen LogP contribution in [0.4, 0.5) is 8.78 Å². The van der Waals surface area contributed by atoms with Gasteiger partial charge in [0.1, 0.15) is 0 Å². The molecule has 0 bridgehead atoms. The van der Waals surface area contributed by atoms with Crippen LogP contribution >= 0.6 is 23.6 Å². The fourth-order valence-electron chi connectivity index (χ4n) is 2.71. The van der Waals surface area contributed by atoms with Crippen molar-refractivity contribution in [3.63, 3.8) is 0 Å². The number of piperazine rings is 1. The van der Waals surface area contributed by atoms with Crippen molar-refractivity contribution in [2.24, 2.45) is 0 Å². The summed E-state index contributed by atoms with van der Waals surface area (Å²) in [5, 5.41) is 4.84. The van der Waals surface area contributed by atoms with Gasteiger partial charge >= 0.3 is 0 Å². The molecule has 0 atom stereocenters. The van der Waals surface area contributed by atoms with Crippen LogP contribution in [-0.4, -0.2) is 59.7 Å². The lowest BCUT2D eigenvalue weighted by molar-refractivity contribution is 0.142. The van der Waals surface area contributed by atoms with Gasteiger partial charge in [-0.1, -0.05) is 0 Å². The molecule has 1 aliphatic heterocycles. The molecule has 0 spiro atoms. The molecule has 1 aromatic heterocycles. The first-order valence-corrected chi connectivity index (χ1v) is 11.3. The Morgan fingerprint density at radius 1 is 1.21 bits per heavy atom. The van der Waals surface area contributed by atoms with Gasteiger partial charge in [-0.3, -0.25) is 4.90 Å². The van der Waals surface area contributed by atoms with Gasteiger partial charge in [-0.15, -0.1) is 5.10 Å². The van der Waals surface area contributed by atoms with E-state index in [0.717, 1.165) is 12.1 Å². The first-order chi connectivity index (χ1) is 13.2. The highest BCUT2D eigenvalue weighted by molar-refractivity contribution is 7.89. The predicted octanol–water partition coefficient (Wildman–Crippen LogP) is 2.70. The first kappa shape index (κ1) is 21.2. The number of sulfonamides is 1. The third-order valence-corrected chi connectivity index (χ3v) is 7.21. The molecule has 0 saturated carbocycles. The van der Waals surface area contributed by atoms with Crippen LogP contribution in [0.1, 0.15) is 13.8 Å². The third-order valence-electron chi connectivity index (χ3n) is 4.12. The zero-order valence-corrected chi connectivity index (χ0v) is 17.8. The quantitative estimate of drug-likeness (QED) is 0.631. The molecule has 0 radical (unpaired) electrons. The van der Waals surface area contributed by atoms with Crippen molar-refractivity contribution < 1.29 is 21.9 Å². The maximum absolute atomic E-state index is 13.4. The molecular weight excluding hydrogens is 430 g/mol. The normalized spacial score (nSPS) is 16.6. The molecule has 154 valence electrons. The summed E-state index contributed by atoms with van der Waals surface area (Å²) in [6.07, 6.45) is -0.000880. The van der Waals surface area contributed by atoms with Crippen molar-refractivity contribution in [3.8, 4) is 5.19 Å². The molecule has 1 saturated heterocycles. The molecule has 0 unspecified atom stereocenters. The molecule has 2 heterocycles. The molecule has 0 aliphatic carbocycles. The molecule has 0 N–H and O–H groups in total.